The van der Waals surface area contributed by atoms with Crippen LogP contribution in [0.3, 0.4) is 0 Å². The van der Waals surface area contributed by atoms with Crippen LogP contribution in [0.15, 0.2) is 122 Å². The van der Waals surface area contributed by atoms with Crippen molar-refractivity contribution < 1.29 is 0 Å². The normalized spacial score (nSPS) is 11.8. The quantitative estimate of drug-likeness (QED) is 0.171. The van der Waals surface area contributed by atoms with Crippen LogP contribution in [0.5, 0.6) is 0 Å². The fourth-order valence-corrected chi connectivity index (χ4v) is 12.2. The van der Waals surface area contributed by atoms with Crippen molar-refractivity contribution in [2.75, 3.05) is 0 Å². The van der Waals surface area contributed by atoms with Crippen LogP contribution in [0, 0.1) is 0 Å². The fraction of sp³-hybridized carbons (Fsp3) is 0. The summed E-state index contributed by atoms with van der Waals surface area (Å²) in [4.78, 5) is 28.6. The number of nitrogens with zero attached hydrogens (tertiary/aromatic N) is 4. The molecular formula is C38H20N4S6. The molecule has 0 aliphatic rings. The first-order valence-corrected chi connectivity index (χ1v) is 20.0. The Hall–Kier alpha value is -4.42. The van der Waals surface area contributed by atoms with Crippen molar-refractivity contribution >= 4 is 97.9 Å². The minimum absolute atomic E-state index is 0.998. The maximum Gasteiger partial charge on any atom is 0.155 e. The third-order valence-corrected chi connectivity index (χ3v) is 15.2. The van der Waals surface area contributed by atoms with E-state index in [2.05, 4.69) is 94.9 Å². The molecule has 0 N–H and O–H groups in total. The van der Waals surface area contributed by atoms with Gasteiger partial charge in [0.1, 0.15) is 10.0 Å². The van der Waals surface area contributed by atoms with Gasteiger partial charge in [-0.25, -0.2) is 9.97 Å². The van der Waals surface area contributed by atoms with E-state index in [1.54, 1.807) is 45.3 Å². The molecule has 0 amide bonds. The van der Waals surface area contributed by atoms with Gasteiger partial charge < -0.3 is 0 Å². The molecule has 0 bridgehead atoms. The van der Waals surface area contributed by atoms with Gasteiger partial charge in [0.05, 0.1) is 21.1 Å². The average Bonchev–Trinajstić information content (AvgIpc) is 3.97. The Morgan fingerprint density at radius 3 is 1.31 bits per heavy atom. The molecule has 0 aliphatic heterocycles. The Bertz CT molecular complexity index is 2530. The zero-order valence-electron chi connectivity index (χ0n) is 24.8. The summed E-state index contributed by atoms with van der Waals surface area (Å²) in [5.74, 6) is 0. The number of rotatable bonds is 6. The molecule has 228 valence electrons. The Morgan fingerprint density at radius 2 is 0.854 bits per heavy atom. The third-order valence-electron chi connectivity index (χ3n) is 8.05. The van der Waals surface area contributed by atoms with E-state index in [0.29, 0.717) is 0 Å². The van der Waals surface area contributed by atoms with Gasteiger partial charge in [-0.2, -0.15) is 0 Å². The lowest BCUT2D eigenvalue weighted by Crippen LogP contribution is -1.80. The number of hydrogen-bond acceptors (Lipinski definition) is 10. The predicted molar refractivity (Wildman–Crippen MR) is 210 cm³/mol. The van der Waals surface area contributed by atoms with E-state index in [1.165, 1.54) is 49.4 Å². The molecule has 0 aliphatic carbocycles. The van der Waals surface area contributed by atoms with Crippen molar-refractivity contribution in [2.45, 2.75) is 0 Å². The summed E-state index contributed by atoms with van der Waals surface area (Å²) in [6, 6.07) is 38.7. The number of aromatic nitrogens is 4. The first-order chi connectivity index (χ1) is 23.7. The van der Waals surface area contributed by atoms with Crippen LogP contribution in [0.2, 0.25) is 0 Å². The molecule has 0 spiro atoms. The lowest BCUT2D eigenvalue weighted by molar-refractivity contribution is 1.33. The monoisotopic (exact) mass is 724 g/mol. The molecule has 10 heteroatoms. The predicted octanol–water partition coefficient (Wildman–Crippen LogP) is 13.1. The number of hydrogen-bond donors (Lipinski definition) is 0. The molecule has 10 rings (SSSR count). The molecule has 2 aromatic carbocycles. The molecule has 0 radical (unpaired) electrons. The summed E-state index contributed by atoms with van der Waals surface area (Å²) < 4.78 is 2.56. The Morgan fingerprint density at radius 1 is 0.375 bits per heavy atom. The van der Waals surface area contributed by atoms with E-state index < -0.39 is 0 Å². The van der Waals surface area contributed by atoms with E-state index in [0.717, 1.165) is 42.2 Å². The number of thiophene rings is 4. The van der Waals surface area contributed by atoms with Crippen molar-refractivity contribution in [3.05, 3.63) is 122 Å². The molecule has 0 unspecified atom stereocenters. The summed E-state index contributed by atoms with van der Waals surface area (Å²) in [6.45, 7) is 0. The fourth-order valence-electron chi connectivity index (χ4n) is 5.74. The van der Waals surface area contributed by atoms with Crippen LogP contribution >= 0.6 is 68.0 Å². The second-order valence-electron chi connectivity index (χ2n) is 11.1. The standard InChI is InChI=1S/C38H20N4S6/c1-3-15-39-25(5-1)21-7-9-27-23(17-21)19-33(43-27)29-11-13-31(45-29)35-41-37-38(47-35)42-36(48-37)32-14-12-30(46-32)34-20-24-18-22(8-10-28(24)44-34)26-6-2-4-16-40-26/h1-20H. The van der Waals surface area contributed by atoms with E-state index in [9.17, 15) is 0 Å². The van der Waals surface area contributed by atoms with E-state index in [-0.39, 0.29) is 0 Å². The van der Waals surface area contributed by atoms with Crippen LogP contribution in [-0.2, 0) is 0 Å². The summed E-state index contributed by atoms with van der Waals surface area (Å²) in [6.07, 6.45) is 3.69. The first kappa shape index (κ1) is 28.6. The molecule has 8 aromatic heterocycles. The molecule has 0 fully saturated rings. The van der Waals surface area contributed by atoms with Gasteiger partial charge in [0.15, 0.2) is 9.66 Å². The second kappa shape index (κ2) is 11.6. The Labute approximate surface area is 299 Å². The number of benzene rings is 2. The minimum Gasteiger partial charge on any atom is -0.256 e. The topological polar surface area (TPSA) is 51.6 Å². The van der Waals surface area contributed by atoms with Gasteiger partial charge in [0, 0.05) is 52.4 Å². The van der Waals surface area contributed by atoms with Gasteiger partial charge in [0.2, 0.25) is 0 Å². The maximum atomic E-state index is 5.03. The molecule has 0 saturated heterocycles. The van der Waals surface area contributed by atoms with Crippen molar-refractivity contribution in [2.24, 2.45) is 0 Å². The highest BCUT2D eigenvalue weighted by Crippen LogP contribution is 2.46. The van der Waals surface area contributed by atoms with Crippen LogP contribution in [0.25, 0.3) is 91.6 Å². The Balaban J connectivity index is 0.893. The van der Waals surface area contributed by atoms with Crippen molar-refractivity contribution in [1.82, 2.24) is 19.9 Å². The summed E-state index contributed by atoms with van der Waals surface area (Å²) in [5, 5.41) is 4.57. The van der Waals surface area contributed by atoms with Gasteiger partial charge in [-0.15, -0.1) is 45.3 Å². The Kier molecular flexibility index (Phi) is 6.92. The molecular weight excluding hydrogens is 705 g/mol. The van der Waals surface area contributed by atoms with E-state index in [1.807, 2.05) is 59.3 Å². The third kappa shape index (κ3) is 5.13. The van der Waals surface area contributed by atoms with Gasteiger partial charge in [0.25, 0.3) is 0 Å². The molecule has 4 nitrogen and oxygen atoms in total. The lowest BCUT2D eigenvalue weighted by Gasteiger charge is -1.99. The molecule has 48 heavy (non-hydrogen) atoms. The number of fused-ring (bicyclic) bond motifs is 3. The summed E-state index contributed by atoms with van der Waals surface area (Å²) in [5.41, 5.74) is 4.28. The lowest BCUT2D eigenvalue weighted by atomic mass is 10.1. The first-order valence-electron chi connectivity index (χ1n) is 15.1. The van der Waals surface area contributed by atoms with Crippen LogP contribution < -0.4 is 0 Å². The summed E-state index contributed by atoms with van der Waals surface area (Å²) >= 11 is 10.6. The largest absolute Gasteiger partial charge is 0.256 e. The minimum atomic E-state index is 0.998. The second-order valence-corrected chi connectivity index (χ2v) is 17.4. The van der Waals surface area contributed by atoms with Gasteiger partial charge in [-0.05, 0) is 95.7 Å². The zero-order valence-corrected chi connectivity index (χ0v) is 29.7. The smallest absolute Gasteiger partial charge is 0.155 e. The van der Waals surface area contributed by atoms with Crippen molar-refractivity contribution in [3.63, 3.8) is 0 Å². The summed E-state index contributed by atoms with van der Waals surface area (Å²) in [7, 11) is 0. The molecule has 10 aromatic rings. The zero-order chi connectivity index (χ0) is 31.6. The molecule has 0 atom stereocenters. The highest BCUT2D eigenvalue weighted by molar-refractivity contribution is 7.33. The van der Waals surface area contributed by atoms with Crippen LogP contribution in [0.4, 0.5) is 0 Å². The SMILES string of the molecule is c1ccc(-c2ccc3sc(-c4ccc(-c5nc6sc(-c7ccc(-c8cc9cc(-c%10ccccn%10)ccc9s8)s7)nc6s5)s4)cc3c2)nc1. The molecule has 8 heterocycles. The van der Waals surface area contributed by atoms with Crippen LogP contribution in [-0.4, -0.2) is 19.9 Å². The van der Waals surface area contributed by atoms with Crippen molar-refractivity contribution in [1.29, 1.82) is 0 Å². The highest BCUT2D eigenvalue weighted by Gasteiger charge is 2.18. The maximum absolute atomic E-state index is 5.03. The number of pyridine rings is 2. The van der Waals surface area contributed by atoms with Gasteiger partial charge in [-0.3, -0.25) is 9.97 Å². The van der Waals surface area contributed by atoms with Crippen molar-refractivity contribution in [3.8, 4) is 61.8 Å². The molecule has 0 saturated carbocycles. The van der Waals surface area contributed by atoms with E-state index >= 15 is 0 Å². The van der Waals surface area contributed by atoms with Gasteiger partial charge >= 0.3 is 0 Å². The number of thiazole rings is 2. The van der Waals surface area contributed by atoms with Crippen LogP contribution in [0.1, 0.15) is 0 Å². The highest BCUT2D eigenvalue weighted by atomic mass is 32.1. The average molecular weight is 725 g/mol. The van der Waals surface area contributed by atoms with Gasteiger partial charge in [-0.1, -0.05) is 46.9 Å². The van der Waals surface area contributed by atoms with E-state index in [4.69, 9.17) is 9.97 Å².